The predicted octanol–water partition coefficient (Wildman–Crippen LogP) is 3.07. The molecule has 6 nitrogen and oxygen atoms in total. The molecule has 1 aliphatic rings. The fourth-order valence-electron chi connectivity index (χ4n) is 3.02. The molecule has 140 valence electrons. The number of alkyl halides is 3. The average molecular weight is 360 g/mol. The summed E-state index contributed by atoms with van der Waals surface area (Å²) in [7, 11) is 0. The Labute approximate surface area is 143 Å². The minimum atomic E-state index is -3.93. The van der Waals surface area contributed by atoms with Crippen LogP contribution in [0.4, 0.5) is 13.2 Å². The van der Waals surface area contributed by atoms with Gasteiger partial charge in [-0.15, -0.1) is 0 Å². The number of aromatic amines is 1. The first-order chi connectivity index (χ1) is 11.8. The molecule has 25 heavy (non-hydrogen) atoms. The third kappa shape index (κ3) is 4.59. The van der Waals surface area contributed by atoms with Crippen molar-refractivity contribution in [2.45, 2.75) is 65.3 Å². The molecule has 0 amide bonds. The number of aliphatic hydroxyl groups excluding tert-OH is 1. The van der Waals surface area contributed by atoms with Gasteiger partial charge in [0.1, 0.15) is 16.9 Å². The molecule has 0 atom stereocenters. The van der Waals surface area contributed by atoms with E-state index < -0.39 is 12.1 Å². The molecule has 2 heterocycles. The minimum Gasteiger partial charge on any atom is -0.390 e. The van der Waals surface area contributed by atoms with Crippen LogP contribution in [0.5, 0.6) is 0 Å². The molecule has 1 aliphatic carbocycles. The lowest BCUT2D eigenvalue weighted by Crippen LogP contribution is -2.24. The molecule has 2 aromatic heterocycles. The highest BCUT2D eigenvalue weighted by Gasteiger charge is 2.39. The smallest absolute Gasteiger partial charge is 0.390 e. The van der Waals surface area contributed by atoms with E-state index in [1.165, 1.54) is 0 Å². The van der Waals surface area contributed by atoms with Crippen molar-refractivity contribution in [1.29, 1.82) is 0 Å². The Morgan fingerprint density at radius 3 is 2.40 bits per heavy atom. The van der Waals surface area contributed by atoms with Crippen LogP contribution >= 0.6 is 0 Å². The first kappa shape index (κ1) is 19.4. The number of hydrogen-bond acceptors (Lipinski definition) is 4. The van der Waals surface area contributed by atoms with Crippen LogP contribution < -0.4 is 5.56 Å². The van der Waals surface area contributed by atoms with E-state index in [9.17, 15) is 18.0 Å². The number of fused-ring (bicyclic) bond motifs is 1. The topological polar surface area (TPSA) is 83.8 Å². The molecule has 0 bridgehead atoms. The van der Waals surface area contributed by atoms with Crippen molar-refractivity contribution in [3.63, 3.8) is 0 Å². The minimum absolute atomic E-state index is 0.249. The molecule has 0 saturated heterocycles. The molecule has 1 fully saturated rings. The van der Waals surface area contributed by atoms with Crippen LogP contribution in [0.15, 0.2) is 4.79 Å². The van der Waals surface area contributed by atoms with Crippen molar-refractivity contribution in [2.75, 3.05) is 0 Å². The van der Waals surface area contributed by atoms with Gasteiger partial charge in [0.25, 0.3) is 5.56 Å². The highest BCUT2D eigenvalue weighted by molar-refractivity contribution is 5.77. The molecule has 0 radical (unpaired) electrons. The van der Waals surface area contributed by atoms with Crippen LogP contribution in [-0.2, 0) is 13.2 Å². The predicted molar refractivity (Wildman–Crippen MR) is 87.1 cm³/mol. The normalized spacial score (nSPS) is 15.9. The molecular weight excluding hydrogens is 337 g/mol. The third-order valence-electron chi connectivity index (χ3n) is 4.31. The van der Waals surface area contributed by atoms with Crippen molar-refractivity contribution in [3.05, 3.63) is 21.9 Å². The van der Waals surface area contributed by atoms with E-state index in [1.807, 2.05) is 6.92 Å². The van der Waals surface area contributed by atoms with Crippen molar-refractivity contribution < 1.29 is 18.3 Å². The lowest BCUT2D eigenvalue weighted by Gasteiger charge is -2.23. The van der Waals surface area contributed by atoms with Crippen molar-refractivity contribution in [3.8, 4) is 0 Å². The van der Waals surface area contributed by atoms with Gasteiger partial charge in [-0.2, -0.15) is 18.3 Å². The standard InChI is InChI=1S/C9H12N4O2.C7H11F3/c1-3-13-8-7(6(4-14)12-13)9(15)11-5(2)10-8;8-7(9,10)6-4-2-1-3-5-6/h14H,3-4H2,1-2H3,(H,10,11,15);6H,1-5H2. The molecule has 2 aromatic rings. The number of nitrogens with zero attached hydrogens (tertiary/aromatic N) is 3. The largest absolute Gasteiger partial charge is 0.391 e. The maximum absolute atomic E-state index is 11.9. The number of aryl methyl sites for hydroxylation is 2. The van der Waals surface area contributed by atoms with Gasteiger partial charge in [-0.1, -0.05) is 19.3 Å². The Morgan fingerprint density at radius 1 is 1.28 bits per heavy atom. The van der Waals surface area contributed by atoms with Gasteiger partial charge in [-0.05, 0) is 26.7 Å². The zero-order chi connectivity index (χ0) is 18.6. The van der Waals surface area contributed by atoms with Gasteiger partial charge >= 0.3 is 6.18 Å². The number of hydrogen-bond donors (Lipinski definition) is 2. The second-order valence-electron chi connectivity index (χ2n) is 6.15. The first-order valence-corrected chi connectivity index (χ1v) is 8.41. The van der Waals surface area contributed by atoms with Gasteiger partial charge in [0, 0.05) is 6.54 Å². The van der Waals surface area contributed by atoms with E-state index in [-0.39, 0.29) is 12.2 Å². The van der Waals surface area contributed by atoms with E-state index in [1.54, 1.807) is 11.6 Å². The zero-order valence-electron chi connectivity index (χ0n) is 14.4. The van der Waals surface area contributed by atoms with Crippen LogP contribution in [-0.4, -0.2) is 31.0 Å². The summed E-state index contributed by atoms with van der Waals surface area (Å²) < 4.78 is 37.4. The molecule has 2 N–H and O–H groups in total. The number of halogens is 3. The van der Waals surface area contributed by atoms with Crippen LogP contribution in [0.25, 0.3) is 11.0 Å². The molecule has 3 rings (SSSR count). The number of rotatable bonds is 2. The Balaban J connectivity index is 0.000000196. The van der Waals surface area contributed by atoms with Gasteiger partial charge in [0.15, 0.2) is 5.65 Å². The summed E-state index contributed by atoms with van der Waals surface area (Å²) in [5.74, 6) is -0.451. The summed E-state index contributed by atoms with van der Waals surface area (Å²) in [5.41, 5.74) is 0.657. The molecule has 1 saturated carbocycles. The summed E-state index contributed by atoms with van der Waals surface area (Å²) in [4.78, 5) is 18.5. The second kappa shape index (κ2) is 7.99. The summed E-state index contributed by atoms with van der Waals surface area (Å²) in [5, 5.41) is 13.6. The van der Waals surface area contributed by atoms with Gasteiger partial charge in [0.2, 0.25) is 0 Å². The van der Waals surface area contributed by atoms with Crippen molar-refractivity contribution in [2.24, 2.45) is 5.92 Å². The number of H-pyrrole nitrogens is 1. The average Bonchev–Trinajstić information content (AvgIpc) is 2.93. The van der Waals surface area contributed by atoms with E-state index in [0.29, 0.717) is 41.9 Å². The maximum Gasteiger partial charge on any atom is 0.391 e. The van der Waals surface area contributed by atoms with Gasteiger partial charge in [-0.3, -0.25) is 4.79 Å². The van der Waals surface area contributed by atoms with E-state index in [2.05, 4.69) is 15.1 Å². The Hall–Kier alpha value is -1.90. The van der Waals surface area contributed by atoms with Gasteiger partial charge in [-0.25, -0.2) is 9.67 Å². The molecule has 9 heteroatoms. The molecule has 0 unspecified atom stereocenters. The lowest BCUT2D eigenvalue weighted by atomic mass is 9.89. The van der Waals surface area contributed by atoms with Crippen LogP contribution in [0.2, 0.25) is 0 Å². The zero-order valence-corrected chi connectivity index (χ0v) is 14.4. The van der Waals surface area contributed by atoms with Crippen LogP contribution in [0.1, 0.15) is 50.5 Å². The summed E-state index contributed by atoms with van der Waals surface area (Å²) in [6, 6.07) is 0. The molecule has 0 aromatic carbocycles. The van der Waals surface area contributed by atoms with E-state index in [4.69, 9.17) is 5.11 Å². The second-order valence-corrected chi connectivity index (χ2v) is 6.15. The first-order valence-electron chi connectivity index (χ1n) is 8.41. The van der Waals surface area contributed by atoms with Gasteiger partial charge < -0.3 is 10.1 Å². The van der Waals surface area contributed by atoms with Gasteiger partial charge in [0.05, 0.1) is 12.5 Å². The van der Waals surface area contributed by atoms with Crippen molar-refractivity contribution in [1.82, 2.24) is 19.7 Å². The summed E-state index contributed by atoms with van der Waals surface area (Å²) in [6.45, 7) is 3.99. The van der Waals surface area contributed by atoms with Crippen LogP contribution in [0.3, 0.4) is 0 Å². The Morgan fingerprint density at radius 2 is 1.92 bits per heavy atom. The lowest BCUT2D eigenvalue weighted by molar-refractivity contribution is -0.181. The quantitative estimate of drug-likeness (QED) is 0.862. The Kier molecular flexibility index (Phi) is 6.21. The summed E-state index contributed by atoms with van der Waals surface area (Å²) in [6.07, 6.45) is -0.742. The fourth-order valence-corrected chi connectivity index (χ4v) is 3.02. The molecular formula is C16H23F3N4O2. The fraction of sp³-hybridized carbons (Fsp3) is 0.688. The number of nitrogens with one attached hydrogen (secondary N) is 1. The van der Waals surface area contributed by atoms with Crippen LogP contribution in [0, 0.1) is 12.8 Å². The SMILES string of the molecule is CCn1nc(CO)c2c(=O)[nH]c(C)nc21.FC(F)(F)C1CCCCC1. The van der Waals surface area contributed by atoms with E-state index in [0.717, 1.165) is 19.3 Å². The summed E-state index contributed by atoms with van der Waals surface area (Å²) >= 11 is 0. The number of aliphatic hydroxyl groups is 1. The third-order valence-corrected chi connectivity index (χ3v) is 4.31. The highest BCUT2D eigenvalue weighted by Crippen LogP contribution is 2.37. The monoisotopic (exact) mass is 360 g/mol. The maximum atomic E-state index is 11.9. The molecule has 0 spiro atoms. The highest BCUT2D eigenvalue weighted by atomic mass is 19.4. The van der Waals surface area contributed by atoms with Crippen molar-refractivity contribution >= 4 is 11.0 Å². The number of aromatic nitrogens is 4. The Bertz CT molecular complexity index is 761. The molecule has 0 aliphatic heterocycles. The van der Waals surface area contributed by atoms with E-state index >= 15 is 0 Å².